The first-order valence-corrected chi connectivity index (χ1v) is 8.35. The van der Waals surface area contributed by atoms with E-state index in [0.717, 1.165) is 43.6 Å². The highest BCUT2D eigenvalue weighted by Crippen LogP contribution is 2.40. The molecule has 2 atom stereocenters. The molecular weight excluding hydrogens is 292 g/mol. The lowest BCUT2D eigenvalue weighted by Gasteiger charge is -2.14. The Labute approximate surface area is 137 Å². The zero-order valence-electron chi connectivity index (χ0n) is 13.8. The van der Waals surface area contributed by atoms with Crippen molar-refractivity contribution >= 4 is 11.4 Å². The van der Waals surface area contributed by atoms with Gasteiger partial charge in [0.25, 0.3) is 0 Å². The fourth-order valence-electron chi connectivity index (χ4n) is 3.65. The number of aryl methyl sites for hydroxylation is 1. The second kappa shape index (κ2) is 6.75. The number of methoxy groups -OCH3 is 1. The van der Waals surface area contributed by atoms with Crippen molar-refractivity contribution in [1.82, 2.24) is 0 Å². The number of rotatable bonds is 5. The number of aliphatic hydroxyl groups excluding tert-OH is 1. The summed E-state index contributed by atoms with van der Waals surface area (Å²) in [6.07, 6.45) is 3.08. The molecule has 0 saturated carbocycles. The molecular formula is C19H24O4. The van der Waals surface area contributed by atoms with E-state index in [2.05, 4.69) is 6.92 Å². The van der Waals surface area contributed by atoms with Crippen LogP contribution in [0.15, 0.2) is 24.0 Å². The van der Waals surface area contributed by atoms with Crippen molar-refractivity contribution in [2.24, 2.45) is 11.8 Å². The van der Waals surface area contributed by atoms with Gasteiger partial charge in [-0.25, -0.2) is 0 Å². The summed E-state index contributed by atoms with van der Waals surface area (Å²) in [5.41, 5.74) is 2.37. The van der Waals surface area contributed by atoms with Crippen LogP contribution in [0.3, 0.4) is 0 Å². The Hall–Kier alpha value is -1.81. The largest absolute Gasteiger partial charge is 0.512 e. The average molecular weight is 316 g/mol. The maximum absolute atomic E-state index is 12.9. The van der Waals surface area contributed by atoms with E-state index in [-0.39, 0.29) is 17.5 Å². The molecule has 0 amide bonds. The third-order valence-electron chi connectivity index (χ3n) is 4.95. The highest BCUT2D eigenvalue weighted by atomic mass is 16.5. The minimum atomic E-state index is -0.118. The number of ether oxygens (including phenoxy) is 2. The number of carbonyl (C=O) groups is 1. The molecule has 2 unspecified atom stereocenters. The first-order chi connectivity index (χ1) is 11.1. The van der Waals surface area contributed by atoms with Crippen LogP contribution in [-0.2, 0) is 16.0 Å². The van der Waals surface area contributed by atoms with E-state index in [0.29, 0.717) is 23.7 Å². The highest BCUT2D eigenvalue weighted by molar-refractivity contribution is 6.24. The number of hydrogen-bond donors (Lipinski definition) is 1. The summed E-state index contributed by atoms with van der Waals surface area (Å²) in [6.45, 7) is 3.57. The molecule has 1 aromatic rings. The molecule has 1 aliphatic carbocycles. The second-order valence-corrected chi connectivity index (χ2v) is 6.43. The Morgan fingerprint density at radius 2 is 2.22 bits per heavy atom. The molecule has 1 heterocycles. The third-order valence-corrected chi connectivity index (χ3v) is 4.95. The van der Waals surface area contributed by atoms with E-state index < -0.39 is 0 Å². The number of benzene rings is 1. The Morgan fingerprint density at radius 3 is 2.87 bits per heavy atom. The molecule has 2 aliphatic rings. The average Bonchev–Trinajstić information content (AvgIpc) is 3.16. The van der Waals surface area contributed by atoms with Gasteiger partial charge in [-0.05, 0) is 48.4 Å². The first kappa shape index (κ1) is 16.1. The third kappa shape index (κ3) is 3.13. The van der Waals surface area contributed by atoms with Crippen molar-refractivity contribution in [1.29, 1.82) is 0 Å². The summed E-state index contributed by atoms with van der Waals surface area (Å²) < 4.78 is 10.7. The van der Waals surface area contributed by atoms with Crippen LogP contribution in [0.25, 0.3) is 5.57 Å². The number of carbonyl (C=O) groups excluding carboxylic acids is 1. The normalized spacial score (nSPS) is 24.5. The number of aliphatic hydroxyl groups is 1. The molecule has 0 aromatic heterocycles. The summed E-state index contributed by atoms with van der Waals surface area (Å²) in [5, 5.41) is 10.4. The molecule has 1 aromatic carbocycles. The van der Waals surface area contributed by atoms with Gasteiger partial charge in [0.1, 0.15) is 11.5 Å². The van der Waals surface area contributed by atoms with Gasteiger partial charge in [-0.15, -0.1) is 0 Å². The van der Waals surface area contributed by atoms with Crippen LogP contribution in [0.2, 0.25) is 0 Å². The minimum absolute atomic E-state index is 0.0670. The van der Waals surface area contributed by atoms with E-state index in [4.69, 9.17) is 9.47 Å². The fraction of sp³-hybridized carbons (Fsp3) is 0.526. The number of Topliss-reactive ketones (excluding diaryl/α,β-unsaturated/α-hetero) is 1. The van der Waals surface area contributed by atoms with Crippen LogP contribution in [0.1, 0.15) is 37.3 Å². The number of allylic oxidation sites excluding steroid dienone is 2. The van der Waals surface area contributed by atoms with Crippen LogP contribution in [0, 0.1) is 11.8 Å². The minimum Gasteiger partial charge on any atom is -0.512 e. The van der Waals surface area contributed by atoms with Crippen molar-refractivity contribution < 1.29 is 19.4 Å². The summed E-state index contributed by atoms with van der Waals surface area (Å²) in [7, 11) is 1.61. The molecule has 0 spiro atoms. The Balaban J connectivity index is 1.87. The van der Waals surface area contributed by atoms with Crippen LogP contribution in [-0.4, -0.2) is 31.2 Å². The summed E-state index contributed by atoms with van der Waals surface area (Å²) >= 11 is 0. The van der Waals surface area contributed by atoms with Gasteiger partial charge in [-0.2, -0.15) is 0 Å². The Bertz CT molecular complexity index is 626. The molecule has 1 aliphatic heterocycles. The predicted octanol–water partition coefficient (Wildman–Crippen LogP) is 3.54. The summed E-state index contributed by atoms with van der Waals surface area (Å²) in [4.78, 5) is 12.9. The molecule has 4 heteroatoms. The monoisotopic (exact) mass is 316 g/mol. The van der Waals surface area contributed by atoms with Gasteiger partial charge in [0.2, 0.25) is 0 Å². The lowest BCUT2D eigenvalue weighted by molar-refractivity contribution is -0.117. The zero-order valence-corrected chi connectivity index (χ0v) is 13.8. The summed E-state index contributed by atoms with van der Waals surface area (Å²) in [6, 6.07) is 5.73. The van der Waals surface area contributed by atoms with Crippen molar-refractivity contribution in [3.63, 3.8) is 0 Å². The maximum Gasteiger partial charge on any atom is 0.170 e. The van der Waals surface area contributed by atoms with Crippen LogP contribution in [0.4, 0.5) is 0 Å². The Kier molecular flexibility index (Phi) is 4.71. The molecule has 0 bridgehead atoms. The predicted molar refractivity (Wildman–Crippen MR) is 88.6 cm³/mol. The molecule has 1 fully saturated rings. The standard InChI is InChI=1S/C19H24O4/c1-3-13-4-5-15(22-2)10-16(13)18-17(20)9-14(19(18)21)8-12-6-7-23-11-12/h4-5,10,12,14,20H,3,6-9,11H2,1-2H3. The smallest absolute Gasteiger partial charge is 0.170 e. The molecule has 0 radical (unpaired) electrons. The Morgan fingerprint density at radius 1 is 1.39 bits per heavy atom. The quantitative estimate of drug-likeness (QED) is 0.902. The van der Waals surface area contributed by atoms with Crippen molar-refractivity contribution in [3.05, 3.63) is 35.1 Å². The molecule has 1 saturated heterocycles. The molecule has 23 heavy (non-hydrogen) atoms. The molecule has 3 rings (SSSR count). The summed E-state index contributed by atoms with van der Waals surface area (Å²) in [5.74, 6) is 1.32. The molecule has 4 nitrogen and oxygen atoms in total. The highest BCUT2D eigenvalue weighted by Gasteiger charge is 2.36. The molecule has 124 valence electrons. The van der Waals surface area contributed by atoms with E-state index in [1.54, 1.807) is 7.11 Å². The van der Waals surface area contributed by atoms with Crippen molar-refractivity contribution in [2.75, 3.05) is 20.3 Å². The van der Waals surface area contributed by atoms with Crippen LogP contribution >= 0.6 is 0 Å². The van der Waals surface area contributed by atoms with E-state index in [1.807, 2.05) is 18.2 Å². The second-order valence-electron chi connectivity index (χ2n) is 6.43. The van der Waals surface area contributed by atoms with Crippen molar-refractivity contribution in [2.45, 2.75) is 32.6 Å². The van der Waals surface area contributed by atoms with Gasteiger partial charge < -0.3 is 14.6 Å². The van der Waals surface area contributed by atoms with Gasteiger partial charge in [0.05, 0.1) is 12.7 Å². The van der Waals surface area contributed by atoms with Gasteiger partial charge in [0.15, 0.2) is 5.78 Å². The SMILES string of the molecule is CCc1ccc(OC)cc1C1=C(O)CC(CC2CCOC2)C1=O. The van der Waals surface area contributed by atoms with E-state index in [9.17, 15) is 9.90 Å². The van der Waals surface area contributed by atoms with Gasteiger partial charge in [0, 0.05) is 25.6 Å². The van der Waals surface area contributed by atoms with E-state index >= 15 is 0 Å². The lowest BCUT2D eigenvalue weighted by atomic mass is 9.88. The maximum atomic E-state index is 12.9. The van der Waals surface area contributed by atoms with Crippen molar-refractivity contribution in [3.8, 4) is 5.75 Å². The fourth-order valence-corrected chi connectivity index (χ4v) is 3.65. The molecule has 1 N–H and O–H groups in total. The van der Waals surface area contributed by atoms with Crippen LogP contribution in [0.5, 0.6) is 5.75 Å². The topological polar surface area (TPSA) is 55.8 Å². The lowest BCUT2D eigenvalue weighted by Crippen LogP contribution is -2.15. The number of ketones is 1. The zero-order chi connectivity index (χ0) is 16.4. The van der Waals surface area contributed by atoms with Gasteiger partial charge in [-0.3, -0.25) is 4.79 Å². The van der Waals surface area contributed by atoms with Gasteiger partial charge in [-0.1, -0.05) is 13.0 Å². The van der Waals surface area contributed by atoms with Gasteiger partial charge >= 0.3 is 0 Å². The first-order valence-electron chi connectivity index (χ1n) is 8.35. The van der Waals surface area contributed by atoms with Crippen LogP contribution < -0.4 is 4.74 Å². The number of hydrogen-bond acceptors (Lipinski definition) is 4. The van der Waals surface area contributed by atoms with E-state index in [1.165, 1.54) is 0 Å².